The Bertz CT molecular complexity index is 746. The second-order valence-corrected chi connectivity index (χ2v) is 6.85. The Balaban J connectivity index is 1.95. The summed E-state index contributed by atoms with van der Waals surface area (Å²) in [5, 5.41) is 5.52. The van der Waals surface area contributed by atoms with Gasteiger partial charge < -0.3 is 15.4 Å². The Kier molecular flexibility index (Phi) is 5.80. The smallest absolute Gasteiger partial charge is 0.228 e. The van der Waals surface area contributed by atoms with E-state index in [0.29, 0.717) is 11.4 Å². The van der Waals surface area contributed by atoms with Crippen LogP contribution in [-0.2, 0) is 16.0 Å². The largest absolute Gasteiger partial charge is 0.488 e. The zero-order chi connectivity index (χ0) is 18.4. The standard InChI is InChI=1S/C20H24N2O3/c1-14(23)21-16-6-5-7-17(13-16)22-19(24)12-15-8-10-18(11-9-15)25-20(2,3)4/h5-11,13H,12H2,1-4H3,(H,21,23)(H,22,24). The molecule has 132 valence electrons. The molecule has 0 atom stereocenters. The van der Waals surface area contributed by atoms with E-state index in [9.17, 15) is 9.59 Å². The summed E-state index contributed by atoms with van der Waals surface area (Å²) >= 11 is 0. The fourth-order valence-electron chi connectivity index (χ4n) is 2.30. The van der Waals surface area contributed by atoms with Crippen molar-refractivity contribution < 1.29 is 14.3 Å². The van der Waals surface area contributed by atoms with E-state index in [1.165, 1.54) is 6.92 Å². The lowest BCUT2D eigenvalue weighted by Gasteiger charge is -2.21. The van der Waals surface area contributed by atoms with Crippen LogP contribution in [0.4, 0.5) is 11.4 Å². The van der Waals surface area contributed by atoms with Gasteiger partial charge in [0.1, 0.15) is 11.4 Å². The maximum atomic E-state index is 12.2. The number of carbonyl (C=O) groups is 2. The maximum absolute atomic E-state index is 12.2. The van der Waals surface area contributed by atoms with Gasteiger partial charge in [0.05, 0.1) is 6.42 Å². The van der Waals surface area contributed by atoms with E-state index in [1.807, 2.05) is 45.0 Å². The molecular weight excluding hydrogens is 316 g/mol. The molecule has 0 radical (unpaired) electrons. The number of nitrogens with one attached hydrogen (secondary N) is 2. The lowest BCUT2D eigenvalue weighted by molar-refractivity contribution is -0.115. The second kappa shape index (κ2) is 7.83. The monoisotopic (exact) mass is 340 g/mol. The van der Waals surface area contributed by atoms with Gasteiger partial charge in [0, 0.05) is 18.3 Å². The summed E-state index contributed by atoms with van der Waals surface area (Å²) < 4.78 is 5.77. The Labute approximate surface area is 148 Å². The van der Waals surface area contributed by atoms with Gasteiger partial charge in [-0.05, 0) is 56.7 Å². The highest BCUT2D eigenvalue weighted by Gasteiger charge is 2.12. The molecule has 0 aliphatic carbocycles. The summed E-state index contributed by atoms with van der Waals surface area (Å²) in [6.45, 7) is 7.41. The zero-order valence-electron chi connectivity index (χ0n) is 15.1. The lowest BCUT2D eigenvalue weighted by atomic mass is 10.1. The first kappa shape index (κ1) is 18.5. The maximum Gasteiger partial charge on any atom is 0.228 e. The predicted molar refractivity (Wildman–Crippen MR) is 99.9 cm³/mol. The van der Waals surface area contributed by atoms with E-state index >= 15 is 0 Å². The topological polar surface area (TPSA) is 67.4 Å². The van der Waals surface area contributed by atoms with Gasteiger partial charge in [-0.3, -0.25) is 9.59 Å². The van der Waals surface area contributed by atoms with Crippen molar-refractivity contribution >= 4 is 23.2 Å². The summed E-state index contributed by atoms with van der Waals surface area (Å²) in [7, 11) is 0. The van der Waals surface area contributed by atoms with Crippen LogP contribution in [0.1, 0.15) is 33.3 Å². The third-order valence-corrected chi connectivity index (χ3v) is 3.18. The fourth-order valence-corrected chi connectivity index (χ4v) is 2.30. The summed E-state index contributed by atoms with van der Waals surface area (Å²) in [4.78, 5) is 23.3. The molecule has 5 nitrogen and oxygen atoms in total. The van der Waals surface area contributed by atoms with E-state index in [2.05, 4.69) is 10.6 Å². The third kappa shape index (κ3) is 6.67. The predicted octanol–water partition coefficient (Wildman–Crippen LogP) is 4.00. The quantitative estimate of drug-likeness (QED) is 0.864. The molecular formula is C20H24N2O3. The van der Waals surface area contributed by atoms with Crippen LogP contribution in [0.25, 0.3) is 0 Å². The van der Waals surface area contributed by atoms with Crippen LogP contribution in [0.5, 0.6) is 5.75 Å². The molecule has 2 amide bonds. The van der Waals surface area contributed by atoms with Gasteiger partial charge in [-0.15, -0.1) is 0 Å². The first-order chi connectivity index (χ1) is 11.7. The number of rotatable bonds is 5. The first-order valence-corrected chi connectivity index (χ1v) is 8.17. The number of hydrogen-bond acceptors (Lipinski definition) is 3. The molecule has 2 aromatic carbocycles. The average Bonchev–Trinajstić information content (AvgIpc) is 2.47. The molecule has 0 spiro atoms. The number of ether oxygens (including phenoxy) is 1. The summed E-state index contributed by atoms with van der Waals surface area (Å²) in [6, 6.07) is 14.5. The Morgan fingerprint density at radius 2 is 1.56 bits per heavy atom. The molecule has 0 saturated carbocycles. The number of hydrogen-bond donors (Lipinski definition) is 2. The molecule has 0 saturated heterocycles. The van der Waals surface area contributed by atoms with Crippen molar-refractivity contribution in [2.24, 2.45) is 0 Å². The van der Waals surface area contributed by atoms with Crippen LogP contribution in [0.3, 0.4) is 0 Å². The molecule has 0 heterocycles. The van der Waals surface area contributed by atoms with E-state index in [4.69, 9.17) is 4.74 Å². The zero-order valence-corrected chi connectivity index (χ0v) is 15.1. The Morgan fingerprint density at radius 3 is 2.12 bits per heavy atom. The average molecular weight is 340 g/mol. The third-order valence-electron chi connectivity index (χ3n) is 3.18. The summed E-state index contributed by atoms with van der Waals surface area (Å²) in [5.41, 5.74) is 1.94. The van der Waals surface area contributed by atoms with Crippen molar-refractivity contribution in [3.63, 3.8) is 0 Å². The highest BCUT2D eigenvalue weighted by atomic mass is 16.5. The van der Waals surface area contributed by atoms with Gasteiger partial charge >= 0.3 is 0 Å². The van der Waals surface area contributed by atoms with Crippen molar-refractivity contribution in [1.82, 2.24) is 0 Å². The number of carbonyl (C=O) groups excluding carboxylic acids is 2. The Morgan fingerprint density at radius 1 is 0.960 bits per heavy atom. The summed E-state index contributed by atoms with van der Waals surface area (Å²) in [5.74, 6) is 0.505. The van der Waals surface area contributed by atoms with Crippen molar-refractivity contribution in [1.29, 1.82) is 0 Å². The van der Waals surface area contributed by atoms with Crippen LogP contribution in [0, 0.1) is 0 Å². The minimum atomic E-state index is -0.252. The molecule has 0 fully saturated rings. The molecule has 25 heavy (non-hydrogen) atoms. The fraction of sp³-hybridized carbons (Fsp3) is 0.300. The van der Waals surface area contributed by atoms with E-state index in [0.717, 1.165) is 11.3 Å². The SMILES string of the molecule is CC(=O)Nc1cccc(NC(=O)Cc2ccc(OC(C)(C)C)cc2)c1. The number of anilines is 2. The van der Waals surface area contributed by atoms with Crippen molar-refractivity contribution in [3.8, 4) is 5.75 Å². The number of benzene rings is 2. The van der Waals surface area contributed by atoms with E-state index in [1.54, 1.807) is 24.3 Å². The second-order valence-electron chi connectivity index (χ2n) is 6.85. The highest BCUT2D eigenvalue weighted by Crippen LogP contribution is 2.19. The lowest BCUT2D eigenvalue weighted by Crippen LogP contribution is -2.22. The Hall–Kier alpha value is -2.82. The van der Waals surface area contributed by atoms with Gasteiger partial charge in [0.15, 0.2) is 0 Å². The molecule has 0 aromatic heterocycles. The molecule has 0 aliphatic rings. The van der Waals surface area contributed by atoms with Crippen LogP contribution in [0.15, 0.2) is 48.5 Å². The van der Waals surface area contributed by atoms with Gasteiger partial charge in [0.2, 0.25) is 11.8 Å². The van der Waals surface area contributed by atoms with Crippen LogP contribution >= 0.6 is 0 Å². The molecule has 0 unspecified atom stereocenters. The van der Waals surface area contributed by atoms with Gasteiger partial charge in [-0.25, -0.2) is 0 Å². The summed E-state index contributed by atoms with van der Waals surface area (Å²) in [6.07, 6.45) is 0.264. The minimum absolute atomic E-state index is 0.121. The molecule has 5 heteroatoms. The molecule has 2 aromatic rings. The van der Waals surface area contributed by atoms with Crippen LogP contribution < -0.4 is 15.4 Å². The van der Waals surface area contributed by atoms with Crippen LogP contribution in [-0.4, -0.2) is 17.4 Å². The van der Waals surface area contributed by atoms with Crippen molar-refractivity contribution in [2.45, 2.75) is 39.7 Å². The molecule has 0 bridgehead atoms. The molecule has 2 rings (SSSR count). The molecule has 2 N–H and O–H groups in total. The van der Waals surface area contributed by atoms with E-state index < -0.39 is 0 Å². The first-order valence-electron chi connectivity index (χ1n) is 8.17. The van der Waals surface area contributed by atoms with Crippen LogP contribution in [0.2, 0.25) is 0 Å². The minimum Gasteiger partial charge on any atom is -0.488 e. The van der Waals surface area contributed by atoms with Crippen molar-refractivity contribution in [2.75, 3.05) is 10.6 Å². The highest BCUT2D eigenvalue weighted by molar-refractivity contribution is 5.94. The number of amides is 2. The van der Waals surface area contributed by atoms with Crippen molar-refractivity contribution in [3.05, 3.63) is 54.1 Å². The van der Waals surface area contributed by atoms with Gasteiger partial charge in [-0.2, -0.15) is 0 Å². The van der Waals surface area contributed by atoms with Gasteiger partial charge in [0.25, 0.3) is 0 Å². The molecule has 0 aliphatic heterocycles. The van der Waals surface area contributed by atoms with E-state index in [-0.39, 0.29) is 23.8 Å². The van der Waals surface area contributed by atoms with Gasteiger partial charge in [-0.1, -0.05) is 18.2 Å². The normalized spacial score (nSPS) is 10.9.